The van der Waals surface area contributed by atoms with Gasteiger partial charge in [-0.2, -0.15) is 0 Å². The minimum atomic E-state index is -0.0744. The molecule has 38 heavy (non-hydrogen) atoms. The summed E-state index contributed by atoms with van der Waals surface area (Å²) in [6.07, 6.45) is 0. The van der Waals surface area contributed by atoms with E-state index in [0.717, 1.165) is 43.0 Å². The van der Waals surface area contributed by atoms with Gasteiger partial charge in [0.15, 0.2) is 0 Å². The maximum atomic E-state index is 13.6. The second-order valence-corrected chi connectivity index (χ2v) is 10.0. The summed E-state index contributed by atoms with van der Waals surface area (Å²) in [5.41, 5.74) is 5.06. The number of nitrogens with zero attached hydrogens (tertiary/aromatic N) is 5. The minimum Gasteiger partial charge on any atom is -0.360 e. The molecule has 0 N–H and O–H groups in total. The summed E-state index contributed by atoms with van der Waals surface area (Å²) in [5.74, 6) is 1.46. The molecule has 8 heteroatoms. The predicted molar refractivity (Wildman–Crippen MR) is 148 cm³/mol. The second-order valence-electron chi connectivity index (χ2n) is 9.60. The number of aryl methyl sites for hydroxylation is 1. The molecular formula is C30H28ClN5O2. The van der Waals surface area contributed by atoms with Gasteiger partial charge in [-0.25, -0.2) is 4.98 Å². The first-order valence-corrected chi connectivity index (χ1v) is 13.2. The molecule has 1 amide bonds. The van der Waals surface area contributed by atoms with E-state index in [0.29, 0.717) is 40.7 Å². The van der Waals surface area contributed by atoms with Crippen molar-refractivity contribution >= 4 is 28.5 Å². The molecule has 0 spiro atoms. The lowest BCUT2D eigenvalue weighted by Gasteiger charge is -2.34. The van der Waals surface area contributed by atoms with Crippen LogP contribution in [0.5, 0.6) is 0 Å². The molecular weight excluding hydrogens is 498 g/mol. The Bertz CT molecular complexity index is 1590. The van der Waals surface area contributed by atoms with E-state index >= 15 is 0 Å². The fraction of sp³-hybridized carbons (Fsp3) is 0.233. The van der Waals surface area contributed by atoms with E-state index in [1.165, 1.54) is 5.56 Å². The van der Waals surface area contributed by atoms with E-state index in [1.54, 1.807) is 13.0 Å². The third-order valence-electron chi connectivity index (χ3n) is 7.15. The monoisotopic (exact) mass is 525 g/mol. The number of imidazole rings is 1. The van der Waals surface area contributed by atoms with Gasteiger partial charge in [-0.05, 0) is 30.7 Å². The van der Waals surface area contributed by atoms with Crippen LogP contribution in [0.4, 0.5) is 0 Å². The van der Waals surface area contributed by atoms with Crippen LogP contribution in [-0.4, -0.2) is 56.6 Å². The van der Waals surface area contributed by atoms with E-state index in [-0.39, 0.29) is 5.91 Å². The van der Waals surface area contributed by atoms with Crippen LogP contribution in [0.2, 0.25) is 5.02 Å². The zero-order valence-electron chi connectivity index (χ0n) is 21.2. The molecule has 0 bridgehead atoms. The number of halogens is 1. The number of rotatable bonds is 6. The largest absolute Gasteiger partial charge is 0.360 e. The van der Waals surface area contributed by atoms with Crippen LogP contribution in [0, 0.1) is 6.92 Å². The van der Waals surface area contributed by atoms with Gasteiger partial charge >= 0.3 is 0 Å². The number of carbonyl (C=O) groups is 1. The topological polar surface area (TPSA) is 67.4 Å². The van der Waals surface area contributed by atoms with E-state index in [1.807, 2.05) is 35.2 Å². The second kappa shape index (κ2) is 10.4. The summed E-state index contributed by atoms with van der Waals surface area (Å²) < 4.78 is 7.73. The van der Waals surface area contributed by atoms with Gasteiger partial charge in [-0.3, -0.25) is 9.69 Å². The van der Waals surface area contributed by atoms with Crippen molar-refractivity contribution in [3.8, 4) is 11.3 Å². The van der Waals surface area contributed by atoms with Gasteiger partial charge in [0.2, 0.25) is 0 Å². The van der Waals surface area contributed by atoms with Gasteiger partial charge in [-0.1, -0.05) is 77.4 Å². The molecule has 0 atom stereocenters. The van der Waals surface area contributed by atoms with Crippen molar-refractivity contribution in [2.24, 2.45) is 0 Å². The standard InChI is InChI=1S/C30H28ClN5O2/c1-21-28(29(33-38-21)23-11-5-6-12-24(23)31)30(37)35-17-15-34(16-18-35)20-27-32-25-13-7-8-14-26(25)36(27)19-22-9-3-2-4-10-22/h2-14H,15-20H2,1H3. The summed E-state index contributed by atoms with van der Waals surface area (Å²) in [5, 5.41) is 4.71. The van der Waals surface area contributed by atoms with Crippen LogP contribution in [0.3, 0.4) is 0 Å². The van der Waals surface area contributed by atoms with Crippen LogP contribution in [0.25, 0.3) is 22.3 Å². The zero-order valence-corrected chi connectivity index (χ0v) is 21.9. The quantitative estimate of drug-likeness (QED) is 0.286. The highest BCUT2D eigenvalue weighted by molar-refractivity contribution is 6.33. The molecule has 0 unspecified atom stereocenters. The van der Waals surface area contributed by atoms with Gasteiger partial charge in [-0.15, -0.1) is 0 Å². The highest BCUT2D eigenvalue weighted by atomic mass is 35.5. The molecule has 0 radical (unpaired) electrons. The van der Waals surface area contributed by atoms with Crippen molar-refractivity contribution in [3.63, 3.8) is 0 Å². The lowest BCUT2D eigenvalue weighted by Crippen LogP contribution is -2.48. The van der Waals surface area contributed by atoms with Crippen LogP contribution in [-0.2, 0) is 13.1 Å². The van der Waals surface area contributed by atoms with Crippen molar-refractivity contribution < 1.29 is 9.32 Å². The first-order valence-electron chi connectivity index (χ1n) is 12.8. The van der Waals surface area contributed by atoms with Crippen molar-refractivity contribution in [3.05, 3.63) is 107 Å². The smallest absolute Gasteiger partial charge is 0.259 e. The Hall–Kier alpha value is -3.94. The number of piperazine rings is 1. The van der Waals surface area contributed by atoms with Gasteiger partial charge in [0, 0.05) is 38.3 Å². The average molecular weight is 526 g/mol. The van der Waals surface area contributed by atoms with E-state index in [4.69, 9.17) is 21.1 Å². The average Bonchev–Trinajstić information content (AvgIpc) is 3.49. The van der Waals surface area contributed by atoms with Gasteiger partial charge in [0.1, 0.15) is 22.8 Å². The van der Waals surface area contributed by atoms with Crippen LogP contribution in [0.1, 0.15) is 27.5 Å². The summed E-state index contributed by atoms with van der Waals surface area (Å²) in [7, 11) is 0. The minimum absolute atomic E-state index is 0.0744. The number of benzene rings is 3. The summed E-state index contributed by atoms with van der Waals surface area (Å²) in [4.78, 5) is 22.8. The summed E-state index contributed by atoms with van der Waals surface area (Å²) in [6.45, 7) is 6.01. The normalized spacial score (nSPS) is 14.3. The lowest BCUT2D eigenvalue weighted by molar-refractivity contribution is 0.0623. The van der Waals surface area contributed by atoms with E-state index in [9.17, 15) is 4.79 Å². The molecule has 0 saturated carbocycles. The molecule has 7 nitrogen and oxygen atoms in total. The predicted octanol–water partition coefficient (Wildman–Crippen LogP) is 5.66. The number of hydrogen-bond acceptors (Lipinski definition) is 5. The Kier molecular flexibility index (Phi) is 6.70. The number of para-hydroxylation sites is 2. The Balaban J connectivity index is 1.18. The summed E-state index contributed by atoms with van der Waals surface area (Å²) >= 11 is 6.40. The maximum Gasteiger partial charge on any atom is 0.259 e. The Labute approximate surface area is 226 Å². The first-order chi connectivity index (χ1) is 18.6. The highest BCUT2D eigenvalue weighted by Crippen LogP contribution is 2.32. The number of fused-ring (bicyclic) bond motifs is 1. The molecule has 3 aromatic carbocycles. The summed E-state index contributed by atoms with van der Waals surface area (Å²) in [6, 6.07) is 26.1. The fourth-order valence-corrected chi connectivity index (χ4v) is 5.34. The molecule has 1 saturated heterocycles. The third-order valence-corrected chi connectivity index (χ3v) is 7.48. The Morgan fingerprint density at radius 2 is 1.61 bits per heavy atom. The molecule has 1 aliphatic heterocycles. The highest BCUT2D eigenvalue weighted by Gasteiger charge is 2.29. The van der Waals surface area contributed by atoms with Crippen LogP contribution >= 0.6 is 11.6 Å². The zero-order chi connectivity index (χ0) is 26.1. The number of hydrogen-bond donors (Lipinski definition) is 0. The number of amides is 1. The van der Waals surface area contributed by atoms with E-state index in [2.05, 4.69) is 57.1 Å². The molecule has 6 rings (SSSR count). The Morgan fingerprint density at radius 1 is 0.895 bits per heavy atom. The molecule has 192 valence electrons. The lowest BCUT2D eigenvalue weighted by atomic mass is 10.0. The molecule has 2 aromatic heterocycles. The molecule has 1 aliphatic rings. The number of carbonyl (C=O) groups excluding carboxylic acids is 1. The van der Waals surface area contributed by atoms with Crippen LogP contribution in [0.15, 0.2) is 83.4 Å². The van der Waals surface area contributed by atoms with Gasteiger partial charge in [0.05, 0.1) is 22.6 Å². The van der Waals surface area contributed by atoms with Crippen molar-refractivity contribution in [2.45, 2.75) is 20.0 Å². The first kappa shape index (κ1) is 24.4. The van der Waals surface area contributed by atoms with Crippen molar-refractivity contribution in [1.82, 2.24) is 24.5 Å². The third kappa shape index (κ3) is 4.71. The molecule has 0 aliphatic carbocycles. The van der Waals surface area contributed by atoms with Gasteiger partial charge < -0.3 is 14.0 Å². The molecule has 1 fully saturated rings. The van der Waals surface area contributed by atoms with Gasteiger partial charge in [0.25, 0.3) is 5.91 Å². The van der Waals surface area contributed by atoms with Crippen molar-refractivity contribution in [2.75, 3.05) is 26.2 Å². The number of aromatic nitrogens is 3. The van der Waals surface area contributed by atoms with Crippen LogP contribution < -0.4 is 0 Å². The van der Waals surface area contributed by atoms with Crippen molar-refractivity contribution in [1.29, 1.82) is 0 Å². The maximum absolute atomic E-state index is 13.6. The molecule has 5 aromatic rings. The fourth-order valence-electron chi connectivity index (χ4n) is 5.12. The SMILES string of the molecule is Cc1onc(-c2ccccc2Cl)c1C(=O)N1CCN(Cc2nc3ccccc3n2Cc2ccccc2)CC1. The molecule has 3 heterocycles. The van der Waals surface area contributed by atoms with E-state index < -0.39 is 0 Å². The Morgan fingerprint density at radius 3 is 2.39 bits per heavy atom.